The Labute approximate surface area is 166 Å². The molecule has 0 saturated heterocycles. The Bertz CT molecular complexity index is 1220. The maximum Gasteiger partial charge on any atom is 0.276 e. The van der Waals surface area contributed by atoms with Gasteiger partial charge in [0.15, 0.2) is 0 Å². The van der Waals surface area contributed by atoms with E-state index in [4.69, 9.17) is 4.74 Å². The van der Waals surface area contributed by atoms with E-state index in [1.54, 1.807) is 24.2 Å². The van der Waals surface area contributed by atoms with Crippen molar-refractivity contribution in [3.63, 3.8) is 0 Å². The standard InChI is InChI=1S/C20H21N7O2/c1-26-11-12(9-22-26)13-6-7-15(29-2)18-17(13)23-20(24-18)25-19(28)14-10-21-16-5-3-4-8-27(14)16/h6-7,9-11H,3-5,8H2,1-2H3,(H2,23,24,25,28). The molecule has 1 aliphatic rings. The van der Waals surface area contributed by atoms with E-state index in [9.17, 15) is 4.79 Å². The SMILES string of the molecule is COc1ccc(-c2cnn(C)c2)c2nc(NC(=O)c3cnc4n3CCCC4)[nH]c12. The quantitative estimate of drug-likeness (QED) is 0.557. The minimum Gasteiger partial charge on any atom is -0.494 e. The van der Waals surface area contributed by atoms with Crippen molar-refractivity contribution >= 4 is 22.9 Å². The van der Waals surface area contributed by atoms with Crippen LogP contribution in [0.3, 0.4) is 0 Å². The van der Waals surface area contributed by atoms with Crippen LogP contribution < -0.4 is 10.1 Å². The average Bonchev–Trinajstić information content (AvgIpc) is 3.44. The van der Waals surface area contributed by atoms with Gasteiger partial charge in [-0.25, -0.2) is 9.97 Å². The van der Waals surface area contributed by atoms with E-state index < -0.39 is 0 Å². The van der Waals surface area contributed by atoms with Crippen LogP contribution >= 0.6 is 0 Å². The van der Waals surface area contributed by atoms with E-state index in [1.165, 1.54) is 0 Å². The lowest BCUT2D eigenvalue weighted by atomic mass is 10.1. The highest BCUT2D eigenvalue weighted by atomic mass is 16.5. The number of aromatic nitrogens is 6. The lowest BCUT2D eigenvalue weighted by molar-refractivity contribution is 0.101. The van der Waals surface area contributed by atoms with Crippen molar-refractivity contribution < 1.29 is 9.53 Å². The van der Waals surface area contributed by atoms with Gasteiger partial charge in [-0.3, -0.25) is 14.8 Å². The van der Waals surface area contributed by atoms with Crippen LogP contribution in [0.2, 0.25) is 0 Å². The highest BCUT2D eigenvalue weighted by molar-refractivity contribution is 6.04. The first-order valence-corrected chi connectivity index (χ1v) is 9.55. The van der Waals surface area contributed by atoms with Crippen LogP contribution in [0.15, 0.2) is 30.7 Å². The summed E-state index contributed by atoms with van der Waals surface area (Å²) < 4.78 is 9.20. The minimum atomic E-state index is -0.230. The molecule has 9 nitrogen and oxygen atoms in total. The molecule has 1 amide bonds. The third-order valence-electron chi connectivity index (χ3n) is 5.28. The van der Waals surface area contributed by atoms with Crippen LogP contribution in [-0.4, -0.2) is 42.3 Å². The van der Waals surface area contributed by atoms with E-state index in [0.717, 1.165) is 48.3 Å². The number of rotatable bonds is 4. The number of nitrogens with zero attached hydrogens (tertiary/aromatic N) is 5. The van der Waals surface area contributed by atoms with E-state index in [2.05, 4.69) is 25.4 Å². The number of fused-ring (bicyclic) bond motifs is 2. The first-order valence-electron chi connectivity index (χ1n) is 9.55. The number of anilines is 1. The summed E-state index contributed by atoms with van der Waals surface area (Å²) >= 11 is 0. The van der Waals surface area contributed by atoms with Crippen molar-refractivity contribution in [2.45, 2.75) is 25.8 Å². The van der Waals surface area contributed by atoms with Gasteiger partial charge in [0.25, 0.3) is 5.91 Å². The summed E-state index contributed by atoms with van der Waals surface area (Å²) in [6.07, 6.45) is 8.42. The Morgan fingerprint density at radius 3 is 2.97 bits per heavy atom. The van der Waals surface area contributed by atoms with Crippen molar-refractivity contribution in [3.05, 3.63) is 42.2 Å². The molecule has 0 spiro atoms. The minimum absolute atomic E-state index is 0.230. The summed E-state index contributed by atoms with van der Waals surface area (Å²) in [5, 5.41) is 7.12. The number of hydrogen-bond acceptors (Lipinski definition) is 5. The molecule has 0 aliphatic carbocycles. The lowest BCUT2D eigenvalue weighted by Gasteiger charge is -2.15. The molecule has 2 N–H and O–H groups in total. The Hall–Kier alpha value is -3.62. The highest BCUT2D eigenvalue weighted by Crippen LogP contribution is 2.33. The summed E-state index contributed by atoms with van der Waals surface area (Å²) in [4.78, 5) is 25.1. The van der Waals surface area contributed by atoms with Gasteiger partial charge in [-0.1, -0.05) is 0 Å². The van der Waals surface area contributed by atoms with E-state index in [0.29, 0.717) is 22.9 Å². The first kappa shape index (κ1) is 17.5. The summed E-state index contributed by atoms with van der Waals surface area (Å²) in [5.41, 5.74) is 3.84. The molecule has 0 saturated carbocycles. The fourth-order valence-corrected chi connectivity index (χ4v) is 3.86. The van der Waals surface area contributed by atoms with Crippen molar-refractivity contribution in [3.8, 4) is 16.9 Å². The van der Waals surface area contributed by atoms with Crippen LogP contribution in [0.4, 0.5) is 5.95 Å². The maximum atomic E-state index is 12.9. The monoisotopic (exact) mass is 391 g/mol. The Morgan fingerprint density at radius 1 is 1.28 bits per heavy atom. The average molecular weight is 391 g/mol. The summed E-state index contributed by atoms with van der Waals surface area (Å²) in [7, 11) is 3.48. The van der Waals surface area contributed by atoms with Gasteiger partial charge in [-0.2, -0.15) is 5.10 Å². The zero-order valence-corrected chi connectivity index (χ0v) is 16.3. The number of nitrogens with one attached hydrogen (secondary N) is 2. The molecule has 29 heavy (non-hydrogen) atoms. The predicted molar refractivity (Wildman–Crippen MR) is 108 cm³/mol. The van der Waals surface area contributed by atoms with Crippen molar-refractivity contribution in [1.29, 1.82) is 0 Å². The van der Waals surface area contributed by atoms with Crippen LogP contribution in [0.5, 0.6) is 5.75 Å². The molecule has 0 atom stereocenters. The van der Waals surface area contributed by atoms with Gasteiger partial charge in [-0.05, 0) is 25.0 Å². The number of methoxy groups -OCH3 is 1. The topological polar surface area (TPSA) is 103 Å². The predicted octanol–water partition coefficient (Wildman–Crippen LogP) is 2.76. The number of carbonyl (C=O) groups is 1. The molecule has 0 bridgehead atoms. The van der Waals surface area contributed by atoms with Crippen molar-refractivity contribution in [2.24, 2.45) is 7.05 Å². The Kier molecular flexibility index (Phi) is 4.08. The van der Waals surface area contributed by atoms with Crippen LogP contribution in [0.25, 0.3) is 22.2 Å². The summed E-state index contributed by atoms with van der Waals surface area (Å²) in [6.45, 7) is 0.817. The molecule has 1 aromatic carbocycles. The first-order chi connectivity index (χ1) is 14.1. The van der Waals surface area contributed by atoms with Crippen LogP contribution in [0.1, 0.15) is 29.2 Å². The molecule has 4 heterocycles. The smallest absolute Gasteiger partial charge is 0.276 e. The Morgan fingerprint density at radius 2 is 2.17 bits per heavy atom. The summed E-state index contributed by atoms with van der Waals surface area (Å²) in [6, 6.07) is 3.82. The number of ether oxygens (including phenoxy) is 1. The molecule has 0 unspecified atom stereocenters. The number of amides is 1. The highest BCUT2D eigenvalue weighted by Gasteiger charge is 2.21. The van der Waals surface area contributed by atoms with Gasteiger partial charge in [0.2, 0.25) is 5.95 Å². The van der Waals surface area contributed by atoms with Gasteiger partial charge in [-0.15, -0.1) is 0 Å². The van der Waals surface area contributed by atoms with Gasteiger partial charge in [0.1, 0.15) is 28.3 Å². The zero-order valence-electron chi connectivity index (χ0n) is 16.3. The molecular formula is C20H21N7O2. The van der Waals surface area contributed by atoms with Crippen molar-refractivity contribution in [2.75, 3.05) is 12.4 Å². The van der Waals surface area contributed by atoms with Crippen LogP contribution in [0, 0.1) is 0 Å². The number of aromatic amines is 1. The largest absolute Gasteiger partial charge is 0.494 e. The molecule has 4 aromatic rings. The van der Waals surface area contributed by atoms with Gasteiger partial charge in [0, 0.05) is 37.3 Å². The van der Waals surface area contributed by atoms with Gasteiger partial charge >= 0.3 is 0 Å². The molecule has 148 valence electrons. The molecule has 9 heteroatoms. The third kappa shape index (κ3) is 2.95. The number of benzene rings is 1. The molecule has 3 aromatic heterocycles. The normalized spacial score (nSPS) is 13.4. The number of carbonyl (C=O) groups excluding carboxylic acids is 1. The Balaban J connectivity index is 1.52. The molecule has 0 radical (unpaired) electrons. The van der Waals surface area contributed by atoms with Gasteiger partial charge in [0.05, 0.1) is 19.5 Å². The zero-order chi connectivity index (χ0) is 20.0. The number of imidazole rings is 2. The third-order valence-corrected chi connectivity index (χ3v) is 5.28. The second kappa shape index (κ2) is 6.77. The van der Waals surface area contributed by atoms with Gasteiger partial charge < -0.3 is 14.3 Å². The second-order valence-corrected chi connectivity index (χ2v) is 7.15. The van der Waals surface area contributed by atoms with E-state index in [1.807, 2.05) is 29.9 Å². The molecular weight excluding hydrogens is 370 g/mol. The van der Waals surface area contributed by atoms with Crippen molar-refractivity contribution in [1.82, 2.24) is 29.3 Å². The maximum absolute atomic E-state index is 12.9. The number of aryl methyl sites for hydroxylation is 2. The second-order valence-electron chi connectivity index (χ2n) is 7.15. The number of H-pyrrole nitrogens is 1. The lowest BCUT2D eigenvalue weighted by Crippen LogP contribution is -2.20. The summed E-state index contributed by atoms with van der Waals surface area (Å²) in [5.74, 6) is 1.76. The fourth-order valence-electron chi connectivity index (χ4n) is 3.86. The molecule has 5 rings (SSSR count). The molecule has 0 fully saturated rings. The molecule has 1 aliphatic heterocycles. The van der Waals surface area contributed by atoms with Crippen LogP contribution in [-0.2, 0) is 20.0 Å². The van der Waals surface area contributed by atoms with E-state index >= 15 is 0 Å². The fraction of sp³-hybridized carbons (Fsp3) is 0.300. The number of hydrogen-bond donors (Lipinski definition) is 2. The van der Waals surface area contributed by atoms with E-state index in [-0.39, 0.29) is 5.91 Å².